The molecule has 0 N–H and O–H groups in total. The molecule has 3 heterocycles. The van der Waals surface area contributed by atoms with E-state index in [1.807, 2.05) is 6.92 Å². The molecule has 2 aromatic rings. The molecule has 1 saturated heterocycles. The summed E-state index contributed by atoms with van der Waals surface area (Å²) < 4.78 is 0. The first-order valence-corrected chi connectivity index (χ1v) is 8.69. The van der Waals surface area contributed by atoms with Crippen LogP contribution in [-0.4, -0.2) is 48.1 Å². The van der Waals surface area contributed by atoms with Crippen LogP contribution in [0.2, 0.25) is 0 Å². The van der Waals surface area contributed by atoms with E-state index in [2.05, 4.69) is 43.0 Å². The molecule has 1 aliphatic rings. The Morgan fingerprint density at radius 2 is 1.68 bits per heavy atom. The zero-order valence-corrected chi connectivity index (χ0v) is 14.9. The monoisotopic (exact) mass is 316 g/mol. The Bertz CT molecular complexity index is 665. The number of nitrogens with zero attached hydrogens (tertiary/aromatic N) is 4. The van der Waals surface area contributed by atoms with Crippen molar-refractivity contribution in [3.8, 4) is 11.3 Å². The van der Waals surface area contributed by atoms with Crippen molar-refractivity contribution in [3.63, 3.8) is 0 Å². The smallest absolute Gasteiger partial charge is 0.135 e. The van der Waals surface area contributed by atoms with Gasteiger partial charge in [0.15, 0.2) is 0 Å². The Balaban J connectivity index is 2.06. The van der Waals surface area contributed by atoms with Crippen LogP contribution in [0, 0.1) is 27.7 Å². The van der Waals surface area contributed by atoms with E-state index in [1.165, 1.54) is 21.6 Å². The van der Waals surface area contributed by atoms with Gasteiger partial charge in [-0.1, -0.05) is 0 Å². The molecule has 22 heavy (non-hydrogen) atoms. The first-order chi connectivity index (χ1) is 10.5. The number of thiophene rings is 1. The molecule has 0 aromatic carbocycles. The minimum atomic E-state index is 0.861. The molecule has 3 rings (SSSR count). The summed E-state index contributed by atoms with van der Waals surface area (Å²) in [6.45, 7) is 12.8. The second-order valence-electron chi connectivity index (χ2n) is 6.21. The zero-order chi connectivity index (χ0) is 15.9. The first-order valence-electron chi connectivity index (χ1n) is 7.81. The highest BCUT2D eigenvalue weighted by Crippen LogP contribution is 2.35. The van der Waals surface area contributed by atoms with Crippen LogP contribution in [0.5, 0.6) is 0 Å². The van der Waals surface area contributed by atoms with E-state index < -0.39 is 0 Å². The van der Waals surface area contributed by atoms with E-state index in [4.69, 9.17) is 9.97 Å². The molecule has 0 spiro atoms. The molecule has 1 aliphatic heterocycles. The largest absolute Gasteiger partial charge is 0.354 e. The van der Waals surface area contributed by atoms with E-state index >= 15 is 0 Å². The highest BCUT2D eigenvalue weighted by molar-refractivity contribution is 7.10. The van der Waals surface area contributed by atoms with Crippen molar-refractivity contribution in [1.82, 2.24) is 14.9 Å². The van der Waals surface area contributed by atoms with E-state index in [0.29, 0.717) is 0 Å². The second kappa shape index (κ2) is 5.97. The fraction of sp³-hybridized carbons (Fsp3) is 0.529. The molecule has 0 radical (unpaired) electrons. The van der Waals surface area contributed by atoms with Crippen LogP contribution in [0.4, 0.5) is 5.82 Å². The van der Waals surface area contributed by atoms with E-state index in [9.17, 15) is 0 Å². The molecule has 0 saturated carbocycles. The van der Waals surface area contributed by atoms with Gasteiger partial charge in [0.25, 0.3) is 0 Å². The number of anilines is 1. The van der Waals surface area contributed by atoms with Gasteiger partial charge in [0, 0.05) is 42.2 Å². The summed E-state index contributed by atoms with van der Waals surface area (Å²) in [5.41, 5.74) is 4.92. The summed E-state index contributed by atoms with van der Waals surface area (Å²) in [6.07, 6.45) is 0. The van der Waals surface area contributed by atoms with Gasteiger partial charge < -0.3 is 9.80 Å². The van der Waals surface area contributed by atoms with Crippen LogP contribution in [0.25, 0.3) is 11.3 Å². The van der Waals surface area contributed by atoms with Crippen molar-refractivity contribution in [2.45, 2.75) is 27.7 Å². The Labute approximate surface area is 136 Å². The lowest BCUT2D eigenvalue weighted by Crippen LogP contribution is -2.45. The highest BCUT2D eigenvalue weighted by Gasteiger charge is 2.21. The first kappa shape index (κ1) is 15.4. The summed E-state index contributed by atoms with van der Waals surface area (Å²) in [5.74, 6) is 1.97. The highest BCUT2D eigenvalue weighted by atomic mass is 32.1. The van der Waals surface area contributed by atoms with Gasteiger partial charge in [0.2, 0.25) is 0 Å². The Hall–Kier alpha value is -1.46. The van der Waals surface area contributed by atoms with Gasteiger partial charge in [-0.2, -0.15) is 0 Å². The molecular formula is C17H24N4S. The number of aryl methyl sites for hydroxylation is 3. The third-order valence-electron chi connectivity index (χ3n) is 4.43. The molecular weight excluding hydrogens is 292 g/mol. The molecule has 1 fully saturated rings. The van der Waals surface area contributed by atoms with Crippen molar-refractivity contribution in [2.75, 3.05) is 38.1 Å². The van der Waals surface area contributed by atoms with Gasteiger partial charge in [-0.05, 0) is 45.7 Å². The summed E-state index contributed by atoms with van der Waals surface area (Å²) in [5, 5.41) is 2.22. The van der Waals surface area contributed by atoms with E-state index in [1.54, 1.807) is 11.3 Å². The SMILES string of the molecule is Cc1nc(-c2c(C)csc2C)c(C)c(N2CCN(C)CC2)n1. The molecule has 0 bridgehead atoms. The number of aromatic nitrogens is 2. The predicted molar refractivity (Wildman–Crippen MR) is 94.0 cm³/mol. The molecule has 5 heteroatoms. The second-order valence-corrected chi connectivity index (χ2v) is 7.29. The zero-order valence-electron chi connectivity index (χ0n) is 14.1. The molecule has 2 aromatic heterocycles. The minimum absolute atomic E-state index is 0.861. The number of likely N-dealkylation sites (N-methyl/N-ethyl adjacent to an activating group) is 1. The lowest BCUT2D eigenvalue weighted by Gasteiger charge is -2.34. The van der Waals surface area contributed by atoms with Crippen molar-refractivity contribution in [1.29, 1.82) is 0 Å². The molecule has 0 aliphatic carbocycles. The molecule has 0 atom stereocenters. The standard InChI is InChI=1S/C17H24N4S/c1-11-10-22-13(3)15(11)16-12(2)17(19-14(4)18-16)21-8-6-20(5)7-9-21/h10H,6-9H2,1-5H3. The number of piperazine rings is 1. The van der Waals surface area contributed by atoms with Crippen LogP contribution in [0.15, 0.2) is 5.38 Å². The number of hydrogen-bond acceptors (Lipinski definition) is 5. The summed E-state index contributed by atoms with van der Waals surface area (Å²) in [6, 6.07) is 0. The number of rotatable bonds is 2. The van der Waals surface area contributed by atoms with Crippen molar-refractivity contribution >= 4 is 17.2 Å². The van der Waals surface area contributed by atoms with Crippen molar-refractivity contribution < 1.29 is 0 Å². The van der Waals surface area contributed by atoms with Gasteiger partial charge >= 0.3 is 0 Å². The Kier molecular flexibility index (Phi) is 4.19. The summed E-state index contributed by atoms with van der Waals surface area (Å²) in [7, 11) is 2.18. The molecule has 4 nitrogen and oxygen atoms in total. The average Bonchev–Trinajstić information content (AvgIpc) is 2.81. The fourth-order valence-corrected chi connectivity index (χ4v) is 3.96. The van der Waals surface area contributed by atoms with Crippen LogP contribution in [0.3, 0.4) is 0 Å². The predicted octanol–water partition coefficient (Wildman–Crippen LogP) is 3.19. The van der Waals surface area contributed by atoms with E-state index in [0.717, 1.165) is 43.5 Å². The van der Waals surface area contributed by atoms with Gasteiger partial charge in [-0.25, -0.2) is 9.97 Å². The summed E-state index contributed by atoms with van der Waals surface area (Å²) >= 11 is 1.80. The van der Waals surface area contributed by atoms with Crippen LogP contribution in [-0.2, 0) is 0 Å². The maximum Gasteiger partial charge on any atom is 0.135 e. The van der Waals surface area contributed by atoms with Crippen LogP contribution in [0.1, 0.15) is 21.8 Å². The average molecular weight is 316 g/mol. The Morgan fingerprint density at radius 1 is 1.00 bits per heavy atom. The van der Waals surface area contributed by atoms with E-state index in [-0.39, 0.29) is 0 Å². The maximum absolute atomic E-state index is 4.77. The minimum Gasteiger partial charge on any atom is -0.354 e. The molecule has 0 amide bonds. The molecule has 118 valence electrons. The van der Waals surface area contributed by atoms with Crippen LogP contribution >= 0.6 is 11.3 Å². The summed E-state index contributed by atoms with van der Waals surface area (Å²) in [4.78, 5) is 15.6. The van der Waals surface area contributed by atoms with Gasteiger partial charge in [0.05, 0.1) is 5.69 Å². The van der Waals surface area contributed by atoms with Gasteiger partial charge in [0.1, 0.15) is 11.6 Å². The lowest BCUT2D eigenvalue weighted by atomic mass is 10.0. The van der Waals surface area contributed by atoms with Gasteiger partial charge in [-0.3, -0.25) is 0 Å². The van der Waals surface area contributed by atoms with Gasteiger partial charge in [-0.15, -0.1) is 11.3 Å². The molecule has 0 unspecified atom stereocenters. The third kappa shape index (κ3) is 2.75. The quantitative estimate of drug-likeness (QED) is 0.852. The lowest BCUT2D eigenvalue weighted by molar-refractivity contribution is 0.312. The van der Waals surface area contributed by atoms with Crippen LogP contribution < -0.4 is 4.90 Å². The third-order valence-corrected chi connectivity index (χ3v) is 5.46. The van der Waals surface area contributed by atoms with Crippen molar-refractivity contribution in [2.24, 2.45) is 0 Å². The Morgan fingerprint density at radius 3 is 2.27 bits per heavy atom. The number of hydrogen-bond donors (Lipinski definition) is 0. The maximum atomic E-state index is 4.77. The topological polar surface area (TPSA) is 32.3 Å². The fourth-order valence-electron chi connectivity index (χ4n) is 3.11. The van der Waals surface area contributed by atoms with Crippen molar-refractivity contribution in [3.05, 3.63) is 27.2 Å². The normalized spacial score (nSPS) is 16.3.